The number of H-pyrrole nitrogens is 1. The highest BCUT2D eigenvalue weighted by Gasteiger charge is 2.31. The van der Waals surface area contributed by atoms with Crippen LogP contribution in [0, 0.1) is 17.2 Å². The van der Waals surface area contributed by atoms with Gasteiger partial charge in [-0.15, -0.1) is 0 Å². The van der Waals surface area contributed by atoms with Crippen molar-refractivity contribution >= 4 is 40.0 Å². The molecule has 0 atom stereocenters. The van der Waals surface area contributed by atoms with Gasteiger partial charge in [-0.2, -0.15) is 15.3 Å². The number of piperazine rings is 1. The van der Waals surface area contributed by atoms with Crippen molar-refractivity contribution < 1.29 is 9.90 Å². The Labute approximate surface area is 226 Å². The van der Waals surface area contributed by atoms with E-state index in [4.69, 9.17) is 10.2 Å². The maximum Gasteiger partial charge on any atom is 0.277 e. The van der Waals surface area contributed by atoms with Gasteiger partial charge in [0.2, 0.25) is 5.95 Å². The molecule has 0 bridgehead atoms. The van der Waals surface area contributed by atoms with Gasteiger partial charge >= 0.3 is 0 Å². The van der Waals surface area contributed by atoms with Crippen molar-refractivity contribution in [3.05, 3.63) is 40.8 Å². The first-order valence-corrected chi connectivity index (χ1v) is 13.2. The molecule has 204 valence electrons. The zero-order chi connectivity index (χ0) is 27.6. The molecule has 0 unspecified atom stereocenters. The summed E-state index contributed by atoms with van der Waals surface area (Å²) >= 11 is 0. The molecule has 2 aliphatic heterocycles. The zero-order valence-corrected chi connectivity index (χ0v) is 22.2. The number of anilines is 4. The van der Waals surface area contributed by atoms with Gasteiger partial charge in [-0.25, -0.2) is 10.1 Å². The third-order valence-corrected chi connectivity index (χ3v) is 7.37. The van der Waals surface area contributed by atoms with Crippen LogP contribution in [0.25, 0.3) is 10.9 Å². The van der Waals surface area contributed by atoms with E-state index in [2.05, 4.69) is 36.4 Å². The number of hydrogen-bond acceptors (Lipinski definition) is 10. The minimum Gasteiger partial charge on any atom is -0.381 e. The van der Waals surface area contributed by atoms with Gasteiger partial charge in [-0.05, 0) is 56.9 Å². The smallest absolute Gasteiger partial charge is 0.277 e. The molecule has 2 fully saturated rings. The summed E-state index contributed by atoms with van der Waals surface area (Å²) in [6.45, 7) is 6.95. The van der Waals surface area contributed by atoms with Crippen molar-refractivity contribution in [2.45, 2.75) is 38.7 Å². The molecule has 0 aliphatic carbocycles. The third kappa shape index (κ3) is 5.78. The van der Waals surface area contributed by atoms with Gasteiger partial charge in [0.05, 0.1) is 12.3 Å². The molecule has 5 rings (SSSR count). The normalized spacial score (nSPS) is 16.8. The van der Waals surface area contributed by atoms with Crippen LogP contribution in [0.1, 0.15) is 33.1 Å². The quantitative estimate of drug-likeness (QED) is 0.430. The second-order valence-electron chi connectivity index (χ2n) is 10.6. The number of nitrogens with one attached hydrogen (secondary N) is 2. The monoisotopic (exact) mass is 531 g/mol. The highest BCUT2D eigenvalue weighted by Crippen LogP contribution is 2.28. The van der Waals surface area contributed by atoms with E-state index in [1.807, 2.05) is 24.3 Å². The molecule has 2 saturated heterocycles. The van der Waals surface area contributed by atoms with Crippen molar-refractivity contribution in [2.24, 2.45) is 5.92 Å². The second-order valence-corrected chi connectivity index (χ2v) is 10.6. The number of aromatic nitrogens is 4. The van der Waals surface area contributed by atoms with E-state index in [1.165, 1.54) is 20.0 Å². The number of aliphatic hydroxyl groups is 1. The fourth-order valence-corrected chi connectivity index (χ4v) is 5.14. The summed E-state index contributed by atoms with van der Waals surface area (Å²) in [6.07, 6.45) is 3.88. The van der Waals surface area contributed by atoms with Crippen LogP contribution < -0.4 is 20.7 Å². The van der Waals surface area contributed by atoms with E-state index in [-0.39, 0.29) is 11.5 Å². The minimum atomic E-state index is -1.37. The molecule has 0 spiro atoms. The molecule has 3 aromatic rings. The van der Waals surface area contributed by atoms with Crippen LogP contribution in [0.15, 0.2) is 35.3 Å². The Balaban J connectivity index is 1.32. The number of amides is 1. The Morgan fingerprint density at radius 3 is 2.44 bits per heavy atom. The Hall–Kier alpha value is -4.24. The predicted molar refractivity (Wildman–Crippen MR) is 148 cm³/mol. The molecule has 12 nitrogen and oxygen atoms in total. The lowest BCUT2D eigenvalue weighted by atomic mass is 9.94. The number of hydrogen-bond donors (Lipinski definition) is 3. The number of nitriles is 1. The molecule has 2 aliphatic rings. The summed E-state index contributed by atoms with van der Waals surface area (Å²) in [6, 6.07) is 10.1. The maximum atomic E-state index is 12.7. The Morgan fingerprint density at radius 1 is 1.10 bits per heavy atom. The number of carbonyl (C=O) groups is 1. The second kappa shape index (κ2) is 10.9. The van der Waals surface area contributed by atoms with E-state index in [1.54, 1.807) is 4.90 Å². The van der Waals surface area contributed by atoms with Crippen LogP contribution in [-0.2, 0) is 4.79 Å². The van der Waals surface area contributed by atoms with Crippen molar-refractivity contribution in [1.29, 1.82) is 5.26 Å². The van der Waals surface area contributed by atoms with E-state index in [0.29, 0.717) is 61.2 Å². The SMILES string of the molecule is CC(C)(O)C(=O)N1CCN(c2ccc(Nc3nc(N4CCC(CC#N)CC4)nc4cn[nH]c(=O)c34)cc2)CC1. The fourth-order valence-electron chi connectivity index (χ4n) is 5.14. The molecule has 2 aromatic heterocycles. The molecule has 3 N–H and O–H groups in total. The average molecular weight is 532 g/mol. The number of fused-ring (bicyclic) bond motifs is 1. The van der Waals surface area contributed by atoms with Crippen molar-refractivity contribution in [2.75, 3.05) is 54.4 Å². The summed E-state index contributed by atoms with van der Waals surface area (Å²) in [7, 11) is 0. The number of carbonyl (C=O) groups excluding carboxylic acids is 1. The van der Waals surface area contributed by atoms with Crippen LogP contribution in [0.3, 0.4) is 0 Å². The average Bonchev–Trinajstić information content (AvgIpc) is 2.93. The molecular weight excluding hydrogens is 498 g/mol. The highest BCUT2D eigenvalue weighted by molar-refractivity contribution is 5.90. The number of aromatic amines is 1. The number of rotatable bonds is 6. The van der Waals surface area contributed by atoms with E-state index < -0.39 is 5.60 Å². The number of piperidine rings is 1. The van der Waals surface area contributed by atoms with Gasteiger partial charge in [0.1, 0.15) is 22.3 Å². The predicted octanol–water partition coefficient (Wildman–Crippen LogP) is 2.01. The summed E-state index contributed by atoms with van der Waals surface area (Å²) < 4.78 is 0. The van der Waals surface area contributed by atoms with Gasteiger partial charge < -0.3 is 25.1 Å². The van der Waals surface area contributed by atoms with E-state index in [0.717, 1.165) is 37.3 Å². The van der Waals surface area contributed by atoms with Crippen molar-refractivity contribution in [3.63, 3.8) is 0 Å². The molecular formula is C27H33N9O3. The largest absolute Gasteiger partial charge is 0.381 e. The Morgan fingerprint density at radius 2 is 1.79 bits per heavy atom. The van der Waals surface area contributed by atoms with Gasteiger partial charge in [0.15, 0.2) is 0 Å². The lowest BCUT2D eigenvalue weighted by Gasteiger charge is -2.38. The molecule has 39 heavy (non-hydrogen) atoms. The topological polar surface area (TPSA) is 154 Å². The van der Waals surface area contributed by atoms with Crippen LogP contribution >= 0.6 is 0 Å². The summed E-state index contributed by atoms with van der Waals surface area (Å²) in [5.74, 6) is 1.07. The Bertz CT molecular complexity index is 1430. The van der Waals surface area contributed by atoms with Crippen molar-refractivity contribution in [1.82, 2.24) is 25.1 Å². The first-order chi connectivity index (χ1) is 18.7. The maximum absolute atomic E-state index is 12.7. The first-order valence-electron chi connectivity index (χ1n) is 13.2. The summed E-state index contributed by atoms with van der Waals surface area (Å²) in [5.41, 5.74) is 0.507. The van der Waals surface area contributed by atoms with Crippen LogP contribution in [0.4, 0.5) is 23.1 Å². The number of nitrogens with zero attached hydrogens (tertiary/aromatic N) is 7. The van der Waals surface area contributed by atoms with Gasteiger partial charge in [0.25, 0.3) is 11.5 Å². The van der Waals surface area contributed by atoms with Gasteiger partial charge in [0, 0.05) is 57.1 Å². The highest BCUT2D eigenvalue weighted by atomic mass is 16.3. The molecule has 1 amide bonds. The molecule has 12 heteroatoms. The molecule has 4 heterocycles. The third-order valence-electron chi connectivity index (χ3n) is 7.37. The van der Waals surface area contributed by atoms with Gasteiger partial charge in [-0.1, -0.05) is 0 Å². The first kappa shape index (κ1) is 26.4. The van der Waals surface area contributed by atoms with Crippen molar-refractivity contribution in [3.8, 4) is 6.07 Å². The molecule has 1 aromatic carbocycles. The fraction of sp³-hybridized carbons (Fsp3) is 0.481. The van der Waals surface area contributed by atoms with Crippen LogP contribution in [0.5, 0.6) is 0 Å². The lowest BCUT2D eigenvalue weighted by molar-refractivity contribution is -0.148. The lowest BCUT2D eigenvalue weighted by Crippen LogP contribution is -2.54. The minimum absolute atomic E-state index is 0.255. The zero-order valence-electron chi connectivity index (χ0n) is 22.2. The Kier molecular flexibility index (Phi) is 7.34. The molecule has 0 radical (unpaired) electrons. The van der Waals surface area contributed by atoms with Crippen LogP contribution in [-0.4, -0.2) is 80.9 Å². The van der Waals surface area contributed by atoms with E-state index >= 15 is 0 Å². The molecule has 0 saturated carbocycles. The summed E-state index contributed by atoms with van der Waals surface area (Å²) in [4.78, 5) is 40.3. The van der Waals surface area contributed by atoms with Gasteiger partial charge in [-0.3, -0.25) is 9.59 Å². The van der Waals surface area contributed by atoms with Crippen LogP contribution in [0.2, 0.25) is 0 Å². The standard InChI is InChI=1S/C27H33N9O3/c1-27(2,39)25(38)35-15-13-34(14-16-35)20-5-3-19(4-6-20)30-23-22-21(17-29-33-24(22)37)31-26(32-23)36-11-8-18(7-10-28)9-12-36/h3-6,17-18,39H,7-9,11-16H2,1-2H3,(H,33,37)(H,30,31,32). The summed E-state index contributed by atoms with van der Waals surface area (Å²) in [5, 5.41) is 29.1. The number of benzene rings is 1. The van der Waals surface area contributed by atoms with E-state index in [9.17, 15) is 14.7 Å².